The van der Waals surface area contributed by atoms with Crippen LogP contribution in [0.2, 0.25) is 0 Å². The first-order chi connectivity index (χ1) is 17.7. The molecule has 0 radical (unpaired) electrons. The third-order valence-electron chi connectivity index (χ3n) is 6.50. The van der Waals surface area contributed by atoms with Crippen molar-refractivity contribution in [2.75, 3.05) is 13.1 Å². The molecule has 1 aliphatic rings. The van der Waals surface area contributed by atoms with E-state index in [1.807, 2.05) is 42.5 Å². The maximum absolute atomic E-state index is 13.0. The number of carbonyl (C=O) groups excluding carboxylic acids is 2. The summed E-state index contributed by atoms with van der Waals surface area (Å²) in [5.74, 6) is 0.0147. The molecule has 2 amide bonds. The minimum Gasteiger partial charge on any atom is -0.355 e. The highest BCUT2D eigenvalue weighted by atomic mass is 16.2. The van der Waals surface area contributed by atoms with Gasteiger partial charge in [0.15, 0.2) is 0 Å². The van der Waals surface area contributed by atoms with Crippen molar-refractivity contribution in [2.45, 2.75) is 50.9 Å². The normalized spacial score (nSPS) is 20.1. The molecule has 0 fully saturated rings. The molecule has 188 valence electrons. The molecule has 0 spiro atoms. The van der Waals surface area contributed by atoms with Gasteiger partial charge in [0.1, 0.15) is 0 Å². The van der Waals surface area contributed by atoms with Gasteiger partial charge in [0.25, 0.3) is 0 Å². The van der Waals surface area contributed by atoms with Gasteiger partial charge >= 0.3 is 0 Å². The Morgan fingerprint density at radius 1 is 0.583 bits per heavy atom. The second-order valence-corrected chi connectivity index (χ2v) is 9.36. The molecule has 1 heterocycles. The lowest BCUT2D eigenvalue weighted by Crippen LogP contribution is -2.46. The van der Waals surface area contributed by atoms with Crippen molar-refractivity contribution in [1.29, 1.82) is 0 Å². The summed E-state index contributed by atoms with van der Waals surface area (Å²) >= 11 is 0. The Labute approximate surface area is 213 Å². The predicted octanol–water partition coefficient (Wildman–Crippen LogP) is 3.11. The summed E-state index contributed by atoms with van der Waals surface area (Å²) in [6.07, 6.45) is 2.87. The maximum Gasteiger partial charge on any atom is 0.237 e. The van der Waals surface area contributed by atoms with Crippen LogP contribution >= 0.6 is 0 Å². The second-order valence-electron chi connectivity index (χ2n) is 9.36. The van der Waals surface area contributed by atoms with Crippen LogP contribution in [0.5, 0.6) is 0 Å². The van der Waals surface area contributed by atoms with E-state index in [0.717, 1.165) is 35.1 Å². The Morgan fingerprint density at radius 2 is 1.03 bits per heavy atom. The molecule has 0 saturated carbocycles. The van der Waals surface area contributed by atoms with Crippen LogP contribution in [0.15, 0.2) is 84.9 Å². The summed E-state index contributed by atoms with van der Waals surface area (Å²) in [4.78, 5) is 26.0. The fourth-order valence-electron chi connectivity index (χ4n) is 4.47. The largest absolute Gasteiger partial charge is 0.355 e. The first-order valence-corrected chi connectivity index (χ1v) is 12.9. The quantitative estimate of drug-likeness (QED) is 0.459. The van der Waals surface area contributed by atoms with E-state index in [9.17, 15) is 9.59 Å². The Hall–Kier alpha value is -3.48. The summed E-state index contributed by atoms with van der Waals surface area (Å²) in [7, 11) is 0. The third-order valence-corrected chi connectivity index (χ3v) is 6.50. The van der Waals surface area contributed by atoms with E-state index in [0.29, 0.717) is 39.0 Å². The monoisotopic (exact) mass is 484 g/mol. The van der Waals surface area contributed by atoms with Crippen molar-refractivity contribution < 1.29 is 9.59 Å². The van der Waals surface area contributed by atoms with Gasteiger partial charge in [-0.25, -0.2) is 0 Å². The van der Waals surface area contributed by atoms with E-state index in [1.54, 1.807) is 0 Å². The van der Waals surface area contributed by atoms with Crippen molar-refractivity contribution >= 4 is 11.8 Å². The zero-order valence-corrected chi connectivity index (χ0v) is 20.7. The number of fused-ring (bicyclic) bond motifs is 2. The minimum atomic E-state index is -0.320. The zero-order chi connectivity index (χ0) is 25.0. The third kappa shape index (κ3) is 8.04. The number of amides is 2. The van der Waals surface area contributed by atoms with Crippen LogP contribution in [-0.4, -0.2) is 37.0 Å². The van der Waals surface area contributed by atoms with Gasteiger partial charge in [0.2, 0.25) is 11.8 Å². The smallest absolute Gasteiger partial charge is 0.237 e. The van der Waals surface area contributed by atoms with Gasteiger partial charge in [-0.2, -0.15) is 0 Å². The number of hydrogen-bond donors (Lipinski definition) is 4. The van der Waals surface area contributed by atoms with Gasteiger partial charge < -0.3 is 21.3 Å². The van der Waals surface area contributed by atoms with Gasteiger partial charge in [0.05, 0.1) is 12.1 Å². The summed E-state index contributed by atoms with van der Waals surface area (Å²) in [5.41, 5.74) is 4.46. The Balaban J connectivity index is 1.48. The molecule has 0 saturated heterocycles. The summed E-state index contributed by atoms with van der Waals surface area (Å²) in [6, 6.07) is 27.8. The van der Waals surface area contributed by atoms with Crippen LogP contribution < -0.4 is 21.3 Å². The molecule has 6 nitrogen and oxygen atoms in total. The van der Waals surface area contributed by atoms with Crippen molar-refractivity contribution in [2.24, 2.45) is 0 Å². The Morgan fingerprint density at radius 3 is 1.47 bits per heavy atom. The minimum absolute atomic E-state index is 0.00736. The van der Waals surface area contributed by atoms with Gasteiger partial charge in [-0.1, -0.05) is 84.9 Å². The number of carbonyl (C=O) groups is 2. The molecular formula is C30H36N4O2. The topological polar surface area (TPSA) is 82.3 Å². The van der Waals surface area contributed by atoms with Gasteiger partial charge in [-0.3, -0.25) is 9.59 Å². The predicted molar refractivity (Wildman–Crippen MR) is 143 cm³/mol. The Bertz CT molecular complexity index is 1020. The first kappa shape index (κ1) is 25.6. The van der Waals surface area contributed by atoms with E-state index >= 15 is 0 Å². The van der Waals surface area contributed by atoms with E-state index in [1.165, 1.54) is 0 Å². The fraction of sp³-hybridized carbons (Fsp3) is 0.333. The summed E-state index contributed by atoms with van der Waals surface area (Å²) in [6.45, 7) is 2.35. The van der Waals surface area contributed by atoms with E-state index in [4.69, 9.17) is 0 Å². The number of benzene rings is 3. The highest BCUT2D eigenvalue weighted by Gasteiger charge is 2.20. The fourth-order valence-corrected chi connectivity index (χ4v) is 4.47. The maximum atomic E-state index is 13.0. The molecule has 0 aromatic heterocycles. The average molecular weight is 485 g/mol. The number of rotatable bonds is 4. The second kappa shape index (κ2) is 13.6. The molecule has 1 unspecified atom stereocenters. The summed E-state index contributed by atoms with van der Waals surface area (Å²) in [5, 5.41) is 13.1. The molecule has 3 aromatic rings. The average Bonchev–Trinajstić information content (AvgIpc) is 2.91. The molecule has 2 atom stereocenters. The molecular weight excluding hydrogens is 448 g/mol. The Kier molecular flexibility index (Phi) is 9.65. The highest BCUT2D eigenvalue weighted by Crippen LogP contribution is 2.10. The molecule has 6 heteroatoms. The lowest BCUT2D eigenvalue weighted by Gasteiger charge is -2.19. The lowest BCUT2D eigenvalue weighted by molar-refractivity contribution is -0.124. The standard InChI is InChI=1S/C30H36N4O2/c35-29-27(19-23-10-3-1-4-11-23)33-21-25-14-9-15-26(18-25)22-34-28(20-24-12-5-2-6-13-24)30(36)32-17-8-7-16-31-29/h1-6,9-15,18,27-28,33-34H,7-8,16-17,19-22H2,(H,31,35)(H,32,36)/t27-,28?/m0/s1. The van der Waals surface area contributed by atoms with Crippen LogP contribution in [0, 0.1) is 0 Å². The highest BCUT2D eigenvalue weighted by molar-refractivity contribution is 5.82. The van der Waals surface area contributed by atoms with E-state index in [-0.39, 0.29) is 23.9 Å². The van der Waals surface area contributed by atoms with Crippen LogP contribution in [0.25, 0.3) is 0 Å². The molecule has 36 heavy (non-hydrogen) atoms. The zero-order valence-electron chi connectivity index (χ0n) is 20.7. The van der Waals surface area contributed by atoms with E-state index < -0.39 is 0 Å². The van der Waals surface area contributed by atoms with Crippen molar-refractivity contribution in [1.82, 2.24) is 21.3 Å². The molecule has 4 rings (SSSR count). The van der Waals surface area contributed by atoms with Crippen LogP contribution in [0.4, 0.5) is 0 Å². The number of nitrogens with one attached hydrogen (secondary N) is 4. The van der Waals surface area contributed by atoms with Gasteiger partial charge in [-0.15, -0.1) is 0 Å². The molecule has 0 aliphatic carbocycles. The van der Waals surface area contributed by atoms with Crippen LogP contribution in [0.1, 0.15) is 35.1 Å². The first-order valence-electron chi connectivity index (χ1n) is 12.9. The summed E-state index contributed by atoms with van der Waals surface area (Å²) < 4.78 is 0. The SMILES string of the molecule is O=C1NCCCCNC(=O)[C@H](Cc2ccccc2)NCc2cccc(c2)CNC1Cc1ccccc1. The van der Waals surface area contributed by atoms with Gasteiger partial charge in [0, 0.05) is 26.2 Å². The lowest BCUT2D eigenvalue weighted by atomic mass is 10.0. The number of hydrogen-bond acceptors (Lipinski definition) is 4. The molecule has 3 aromatic carbocycles. The van der Waals surface area contributed by atoms with Crippen molar-refractivity contribution in [3.05, 3.63) is 107 Å². The van der Waals surface area contributed by atoms with Crippen LogP contribution in [0.3, 0.4) is 0 Å². The van der Waals surface area contributed by atoms with E-state index in [2.05, 4.69) is 63.7 Å². The van der Waals surface area contributed by atoms with Crippen molar-refractivity contribution in [3.8, 4) is 0 Å². The van der Waals surface area contributed by atoms with Crippen LogP contribution in [-0.2, 0) is 35.5 Å². The van der Waals surface area contributed by atoms with Crippen molar-refractivity contribution in [3.63, 3.8) is 0 Å². The molecule has 2 bridgehead atoms. The molecule has 4 N–H and O–H groups in total. The van der Waals surface area contributed by atoms with Gasteiger partial charge in [-0.05, 0) is 47.9 Å². The molecule has 1 aliphatic heterocycles.